The molecule has 0 unspecified atom stereocenters. The van der Waals surface area contributed by atoms with Gasteiger partial charge in [0.15, 0.2) is 5.82 Å². The van der Waals surface area contributed by atoms with Gasteiger partial charge in [0.05, 0.1) is 29.9 Å². The number of amides is 1. The number of ether oxygens (including phenoxy) is 1. The van der Waals surface area contributed by atoms with Crippen molar-refractivity contribution in [2.24, 2.45) is 0 Å². The summed E-state index contributed by atoms with van der Waals surface area (Å²) < 4.78 is 89.4. The van der Waals surface area contributed by atoms with E-state index in [1.54, 1.807) is 6.92 Å². The SMILES string of the molecule is Cc1noc(-c2c(NC(=O)c3cc(C(F)(F)F)cc(C(F)(F)F)c3)sc3c2CCOC3)n1. The Hall–Kier alpha value is -2.93. The standard InChI is InChI=1S/C19H13F6N3O3S/c1-8-26-16(31-28-8)14-12-2-3-30-7-13(12)32-17(14)27-15(29)9-4-10(18(20,21)22)6-11(5-9)19(23,24)25/h4-6H,2-3,7H2,1H3,(H,27,29). The molecule has 1 N–H and O–H groups in total. The molecule has 0 fully saturated rings. The number of aromatic nitrogens is 2. The lowest BCUT2D eigenvalue weighted by atomic mass is 10.0. The Morgan fingerprint density at radius 1 is 1.09 bits per heavy atom. The topological polar surface area (TPSA) is 77.2 Å². The number of anilines is 1. The Bertz CT molecular complexity index is 1150. The van der Waals surface area contributed by atoms with Crippen LogP contribution in [0.5, 0.6) is 0 Å². The van der Waals surface area contributed by atoms with Crippen LogP contribution < -0.4 is 5.32 Å². The normalized spacial score (nSPS) is 14.3. The second-order valence-corrected chi connectivity index (χ2v) is 8.01. The van der Waals surface area contributed by atoms with Crippen molar-refractivity contribution in [1.82, 2.24) is 10.1 Å². The molecule has 1 amide bonds. The summed E-state index contributed by atoms with van der Waals surface area (Å²) in [6.45, 7) is 2.20. The monoisotopic (exact) mass is 477 g/mol. The Labute approximate surface area is 180 Å². The zero-order valence-corrected chi connectivity index (χ0v) is 17.0. The number of halogens is 6. The van der Waals surface area contributed by atoms with Gasteiger partial charge < -0.3 is 14.6 Å². The lowest BCUT2D eigenvalue weighted by Gasteiger charge is -2.14. The smallest absolute Gasteiger partial charge is 0.376 e. The first kappa shape index (κ1) is 22.3. The van der Waals surface area contributed by atoms with E-state index < -0.39 is 35.0 Å². The molecule has 4 rings (SSSR count). The molecule has 3 heterocycles. The summed E-state index contributed by atoms with van der Waals surface area (Å²) in [5.41, 5.74) is -2.80. The molecule has 0 bridgehead atoms. The predicted octanol–water partition coefficient (Wildman–Crippen LogP) is 5.47. The van der Waals surface area contributed by atoms with Gasteiger partial charge in [-0.05, 0) is 37.1 Å². The average molecular weight is 477 g/mol. The predicted molar refractivity (Wildman–Crippen MR) is 100 cm³/mol. The van der Waals surface area contributed by atoms with Gasteiger partial charge >= 0.3 is 12.4 Å². The minimum atomic E-state index is -5.07. The molecule has 1 aliphatic rings. The number of hydrogen-bond donors (Lipinski definition) is 1. The number of fused-ring (bicyclic) bond motifs is 1. The van der Waals surface area contributed by atoms with Crippen molar-refractivity contribution >= 4 is 22.2 Å². The number of benzene rings is 1. The first-order valence-electron chi connectivity index (χ1n) is 9.07. The van der Waals surface area contributed by atoms with Crippen molar-refractivity contribution in [2.75, 3.05) is 11.9 Å². The van der Waals surface area contributed by atoms with E-state index in [-0.39, 0.29) is 23.6 Å². The molecule has 0 atom stereocenters. The van der Waals surface area contributed by atoms with Crippen LogP contribution in [0.4, 0.5) is 31.3 Å². The first-order valence-corrected chi connectivity index (χ1v) is 9.89. The van der Waals surface area contributed by atoms with Gasteiger partial charge in [-0.25, -0.2) is 0 Å². The number of thiophene rings is 1. The van der Waals surface area contributed by atoms with E-state index in [1.807, 2.05) is 0 Å². The van der Waals surface area contributed by atoms with Gasteiger partial charge in [0.2, 0.25) is 0 Å². The second-order valence-electron chi connectivity index (χ2n) is 6.91. The third-order valence-corrected chi connectivity index (χ3v) is 5.76. The van der Waals surface area contributed by atoms with Gasteiger partial charge in [-0.15, -0.1) is 11.3 Å². The fraction of sp³-hybridized carbons (Fsp3) is 0.316. The van der Waals surface area contributed by atoms with Crippen LogP contribution in [0.1, 0.15) is 37.7 Å². The summed E-state index contributed by atoms with van der Waals surface area (Å²) in [6, 6.07) is 0.708. The highest BCUT2D eigenvalue weighted by atomic mass is 32.1. The zero-order chi connectivity index (χ0) is 23.3. The molecule has 13 heteroatoms. The molecule has 0 radical (unpaired) electrons. The number of hydrogen-bond acceptors (Lipinski definition) is 6. The first-order chi connectivity index (χ1) is 14.9. The van der Waals surface area contributed by atoms with Crippen LogP contribution in [-0.4, -0.2) is 22.7 Å². The second kappa shape index (κ2) is 7.89. The summed E-state index contributed by atoms with van der Waals surface area (Å²) >= 11 is 1.08. The molecule has 2 aromatic heterocycles. The molecule has 170 valence electrons. The Balaban J connectivity index is 1.76. The zero-order valence-electron chi connectivity index (χ0n) is 16.1. The van der Waals surface area contributed by atoms with Gasteiger partial charge in [0, 0.05) is 10.4 Å². The Kier molecular flexibility index (Phi) is 5.49. The van der Waals surface area contributed by atoms with E-state index in [4.69, 9.17) is 9.26 Å². The molecule has 0 spiro atoms. The van der Waals surface area contributed by atoms with Crippen LogP contribution in [0.2, 0.25) is 0 Å². The van der Waals surface area contributed by atoms with E-state index in [0.29, 0.717) is 36.5 Å². The molecule has 0 saturated heterocycles. The number of carbonyl (C=O) groups excluding carboxylic acids is 1. The highest BCUT2D eigenvalue weighted by molar-refractivity contribution is 7.17. The third-order valence-electron chi connectivity index (χ3n) is 4.64. The molecule has 32 heavy (non-hydrogen) atoms. The number of rotatable bonds is 3. The molecular formula is C19H13F6N3O3S. The Morgan fingerprint density at radius 3 is 2.31 bits per heavy atom. The summed E-state index contributed by atoms with van der Waals surface area (Å²) in [5.74, 6) is -0.743. The lowest BCUT2D eigenvalue weighted by Crippen LogP contribution is -2.17. The number of alkyl halides is 6. The van der Waals surface area contributed by atoms with Crippen LogP contribution in [-0.2, 0) is 30.1 Å². The fourth-order valence-corrected chi connectivity index (χ4v) is 4.38. The van der Waals surface area contributed by atoms with Crippen molar-refractivity contribution in [2.45, 2.75) is 32.3 Å². The highest BCUT2D eigenvalue weighted by Gasteiger charge is 2.38. The van der Waals surface area contributed by atoms with Crippen LogP contribution in [0.15, 0.2) is 22.7 Å². The summed E-state index contributed by atoms with van der Waals surface area (Å²) in [7, 11) is 0. The molecule has 1 aliphatic heterocycles. The van der Waals surface area contributed by atoms with E-state index in [2.05, 4.69) is 15.5 Å². The molecule has 3 aromatic rings. The van der Waals surface area contributed by atoms with Gasteiger partial charge in [0.25, 0.3) is 11.8 Å². The fourth-order valence-electron chi connectivity index (χ4n) is 3.21. The van der Waals surface area contributed by atoms with Crippen molar-refractivity contribution in [1.29, 1.82) is 0 Å². The van der Waals surface area contributed by atoms with Crippen molar-refractivity contribution in [3.05, 3.63) is 51.2 Å². The van der Waals surface area contributed by atoms with E-state index in [1.165, 1.54) is 0 Å². The van der Waals surface area contributed by atoms with Crippen molar-refractivity contribution < 1.29 is 40.4 Å². The number of nitrogens with zero attached hydrogens (tertiary/aromatic N) is 2. The largest absolute Gasteiger partial charge is 0.416 e. The lowest BCUT2D eigenvalue weighted by molar-refractivity contribution is -0.143. The maximum atomic E-state index is 13.1. The number of carbonyl (C=O) groups is 1. The highest BCUT2D eigenvalue weighted by Crippen LogP contribution is 2.43. The minimum absolute atomic E-state index is 0.0371. The van der Waals surface area contributed by atoms with E-state index in [9.17, 15) is 31.1 Å². The molecular weight excluding hydrogens is 464 g/mol. The van der Waals surface area contributed by atoms with E-state index in [0.717, 1.165) is 21.8 Å². The maximum Gasteiger partial charge on any atom is 0.416 e. The average Bonchev–Trinajstić information content (AvgIpc) is 3.28. The van der Waals surface area contributed by atoms with Crippen molar-refractivity contribution in [3.63, 3.8) is 0 Å². The van der Waals surface area contributed by atoms with Gasteiger partial charge in [-0.3, -0.25) is 4.79 Å². The third kappa shape index (κ3) is 4.35. The quantitative estimate of drug-likeness (QED) is 0.507. The maximum absolute atomic E-state index is 13.1. The van der Waals surface area contributed by atoms with Crippen LogP contribution in [0.25, 0.3) is 11.5 Å². The Morgan fingerprint density at radius 2 is 1.75 bits per heavy atom. The van der Waals surface area contributed by atoms with Crippen LogP contribution in [0, 0.1) is 6.92 Å². The molecule has 0 saturated carbocycles. The molecule has 6 nitrogen and oxygen atoms in total. The van der Waals surface area contributed by atoms with Crippen molar-refractivity contribution in [3.8, 4) is 11.5 Å². The number of nitrogens with one attached hydrogen (secondary N) is 1. The summed E-state index contributed by atoms with van der Waals surface area (Å²) in [5, 5.41) is 6.28. The van der Waals surface area contributed by atoms with Crippen LogP contribution >= 0.6 is 11.3 Å². The van der Waals surface area contributed by atoms with E-state index >= 15 is 0 Å². The van der Waals surface area contributed by atoms with Gasteiger partial charge in [-0.2, -0.15) is 31.3 Å². The number of aryl methyl sites for hydroxylation is 1. The molecule has 1 aromatic carbocycles. The van der Waals surface area contributed by atoms with Gasteiger partial charge in [-0.1, -0.05) is 5.16 Å². The summed E-state index contributed by atoms with van der Waals surface area (Å²) in [6.07, 6.45) is -9.68. The minimum Gasteiger partial charge on any atom is -0.376 e. The van der Waals surface area contributed by atoms with Gasteiger partial charge in [0.1, 0.15) is 5.00 Å². The molecule has 0 aliphatic carbocycles. The summed E-state index contributed by atoms with van der Waals surface area (Å²) in [4.78, 5) is 17.6. The van der Waals surface area contributed by atoms with Crippen LogP contribution in [0.3, 0.4) is 0 Å².